The molecule has 0 fully saturated rings. The molecule has 0 N–H and O–H groups in total. The predicted octanol–water partition coefficient (Wildman–Crippen LogP) is 1.20. The molecule has 0 aliphatic carbocycles. The number of hydrogen-bond acceptors (Lipinski definition) is 6. The molecule has 1 heterocycles. The van der Waals surface area contributed by atoms with Crippen molar-refractivity contribution in [1.82, 2.24) is 15.0 Å². The molecule has 0 saturated heterocycles. The Hall–Kier alpha value is -1.47. The molecule has 0 spiro atoms. The van der Waals surface area contributed by atoms with Crippen molar-refractivity contribution in [2.45, 2.75) is 39.8 Å². The van der Waals surface area contributed by atoms with E-state index in [1.165, 1.54) is 0 Å². The number of aromatic nitrogens is 3. The Morgan fingerprint density at radius 1 is 1.25 bits per heavy atom. The Morgan fingerprint density at radius 2 is 1.95 bits per heavy atom. The normalized spacial score (nSPS) is 11.7. The Morgan fingerprint density at radius 3 is 2.55 bits per heavy atom. The summed E-state index contributed by atoms with van der Waals surface area (Å²) in [7, 11) is 1.55. The van der Waals surface area contributed by atoms with Gasteiger partial charge in [-0.1, -0.05) is 5.21 Å². The quantitative estimate of drug-likeness (QED) is 0.553. The van der Waals surface area contributed by atoms with Crippen molar-refractivity contribution in [2.75, 3.05) is 26.9 Å². The molecule has 1 aromatic rings. The van der Waals surface area contributed by atoms with Gasteiger partial charge in [-0.3, -0.25) is 0 Å². The van der Waals surface area contributed by atoms with Crippen LogP contribution in [0.5, 0.6) is 0 Å². The van der Waals surface area contributed by atoms with Gasteiger partial charge in [0, 0.05) is 7.11 Å². The van der Waals surface area contributed by atoms with E-state index in [-0.39, 0.29) is 17.9 Å². The second-order valence-corrected chi connectivity index (χ2v) is 5.34. The molecule has 0 aromatic carbocycles. The van der Waals surface area contributed by atoms with E-state index in [1.807, 2.05) is 20.8 Å². The van der Waals surface area contributed by atoms with E-state index in [2.05, 4.69) is 10.3 Å². The first-order valence-electron chi connectivity index (χ1n) is 6.55. The first-order valence-corrected chi connectivity index (χ1v) is 6.55. The number of carbonyl (C=O) groups excluding carboxylic acids is 1. The van der Waals surface area contributed by atoms with Crippen LogP contribution < -0.4 is 0 Å². The zero-order chi connectivity index (χ0) is 15.2. The Bertz CT molecular complexity index is 437. The summed E-state index contributed by atoms with van der Waals surface area (Å²) in [6.07, 6.45) is 0. The lowest BCUT2D eigenvalue weighted by Crippen LogP contribution is -2.22. The zero-order valence-corrected chi connectivity index (χ0v) is 12.8. The smallest absolute Gasteiger partial charge is 0.360 e. The summed E-state index contributed by atoms with van der Waals surface area (Å²) in [6.45, 7) is 9.35. The van der Waals surface area contributed by atoms with E-state index < -0.39 is 5.97 Å². The largest absolute Gasteiger partial charge is 0.458 e. The maximum absolute atomic E-state index is 11.8. The van der Waals surface area contributed by atoms with Gasteiger partial charge in [0.25, 0.3) is 0 Å². The van der Waals surface area contributed by atoms with E-state index in [0.717, 1.165) is 0 Å². The van der Waals surface area contributed by atoms with Gasteiger partial charge in [-0.05, 0) is 27.7 Å². The fraction of sp³-hybridized carbons (Fsp3) is 0.769. The van der Waals surface area contributed by atoms with Crippen LogP contribution >= 0.6 is 0 Å². The fourth-order valence-electron chi connectivity index (χ4n) is 1.49. The van der Waals surface area contributed by atoms with Gasteiger partial charge in [-0.15, -0.1) is 5.10 Å². The van der Waals surface area contributed by atoms with Gasteiger partial charge in [0.15, 0.2) is 5.69 Å². The summed E-state index contributed by atoms with van der Waals surface area (Å²) in [5, 5.41) is 7.79. The minimum Gasteiger partial charge on any atom is -0.458 e. The van der Waals surface area contributed by atoms with Crippen molar-refractivity contribution in [1.29, 1.82) is 0 Å². The van der Waals surface area contributed by atoms with E-state index in [1.54, 1.807) is 18.7 Å². The molecule has 0 atom stereocenters. The minimum atomic E-state index is -0.484. The van der Waals surface area contributed by atoms with Gasteiger partial charge < -0.3 is 14.2 Å². The topological polar surface area (TPSA) is 75.5 Å². The maximum atomic E-state index is 11.8. The van der Waals surface area contributed by atoms with Crippen molar-refractivity contribution in [3.05, 3.63) is 11.4 Å². The Kier molecular flexibility index (Phi) is 6.09. The summed E-state index contributed by atoms with van der Waals surface area (Å²) in [6, 6.07) is 0. The Balaban J connectivity index is 2.54. The average Bonchev–Trinajstić information content (AvgIpc) is 2.70. The first kappa shape index (κ1) is 16.6. The molecule has 7 nitrogen and oxygen atoms in total. The van der Waals surface area contributed by atoms with Crippen LogP contribution in [0.15, 0.2) is 0 Å². The summed E-state index contributed by atoms with van der Waals surface area (Å²) in [5.74, 6) is -0.484. The van der Waals surface area contributed by atoms with Gasteiger partial charge in [0.1, 0.15) is 6.61 Å². The third kappa shape index (κ3) is 5.26. The van der Waals surface area contributed by atoms with E-state index >= 15 is 0 Å². The van der Waals surface area contributed by atoms with Crippen molar-refractivity contribution >= 4 is 5.97 Å². The van der Waals surface area contributed by atoms with Gasteiger partial charge in [-0.25, -0.2) is 9.48 Å². The van der Waals surface area contributed by atoms with Crippen molar-refractivity contribution in [3.8, 4) is 0 Å². The number of ether oxygens (including phenoxy) is 3. The summed E-state index contributed by atoms with van der Waals surface area (Å²) in [5.41, 5.74) is 0.706. The Labute approximate surface area is 119 Å². The number of nitrogens with zero attached hydrogens (tertiary/aromatic N) is 3. The van der Waals surface area contributed by atoms with Crippen LogP contribution in [0.25, 0.3) is 0 Å². The van der Waals surface area contributed by atoms with Crippen LogP contribution in [-0.4, -0.2) is 53.5 Å². The molecular formula is C13H23N3O4. The highest BCUT2D eigenvalue weighted by Gasteiger charge is 2.18. The van der Waals surface area contributed by atoms with Crippen molar-refractivity contribution in [2.24, 2.45) is 0 Å². The predicted molar refractivity (Wildman–Crippen MR) is 72.6 cm³/mol. The van der Waals surface area contributed by atoms with Crippen LogP contribution in [0.2, 0.25) is 0 Å². The van der Waals surface area contributed by atoms with Crippen molar-refractivity contribution < 1.29 is 19.0 Å². The van der Waals surface area contributed by atoms with Crippen molar-refractivity contribution in [3.63, 3.8) is 0 Å². The molecule has 0 saturated carbocycles. The molecular weight excluding hydrogens is 262 g/mol. The number of carbonyl (C=O) groups is 1. The lowest BCUT2D eigenvalue weighted by molar-refractivity contribution is -0.00827. The third-order valence-electron chi connectivity index (χ3n) is 2.53. The van der Waals surface area contributed by atoms with E-state index in [0.29, 0.717) is 25.5 Å². The molecule has 0 unspecified atom stereocenters. The standard InChI is InChI=1S/C13H23N3O4/c1-10-11(12(17)19-9-8-18-5)14-15-16(10)6-7-20-13(2,3)4/h6-9H2,1-5H3. The summed E-state index contributed by atoms with van der Waals surface area (Å²) in [4.78, 5) is 11.8. The molecule has 1 aromatic heterocycles. The average molecular weight is 285 g/mol. The highest BCUT2D eigenvalue weighted by molar-refractivity contribution is 5.88. The van der Waals surface area contributed by atoms with Gasteiger partial charge in [-0.2, -0.15) is 0 Å². The molecule has 0 radical (unpaired) electrons. The minimum absolute atomic E-state index is 0.198. The fourth-order valence-corrected chi connectivity index (χ4v) is 1.49. The lowest BCUT2D eigenvalue weighted by atomic mass is 10.2. The lowest BCUT2D eigenvalue weighted by Gasteiger charge is -2.19. The number of hydrogen-bond donors (Lipinski definition) is 0. The molecule has 0 aliphatic rings. The molecule has 20 heavy (non-hydrogen) atoms. The van der Waals surface area contributed by atoms with E-state index in [9.17, 15) is 4.79 Å². The van der Waals surface area contributed by atoms with Crippen LogP contribution in [0.3, 0.4) is 0 Å². The highest BCUT2D eigenvalue weighted by Crippen LogP contribution is 2.09. The second-order valence-electron chi connectivity index (χ2n) is 5.34. The first-order chi connectivity index (χ1) is 9.35. The second kappa shape index (κ2) is 7.35. The summed E-state index contributed by atoms with van der Waals surface area (Å²) < 4.78 is 17.1. The van der Waals surface area contributed by atoms with Gasteiger partial charge >= 0.3 is 5.97 Å². The van der Waals surface area contributed by atoms with Gasteiger partial charge in [0.2, 0.25) is 0 Å². The SMILES string of the molecule is COCCOC(=O)c1nnn(CCOC(C)(C)C)c1C. The number of methoxy groups -OCH3 is 1. The molecule has 1 rings (SSSR count). The molecule has 0 amide bonds. The monoisotopic (exact) mass is 285 g/mol. The summed E-state index contributed by atoms with van der Waals surface area (Å²) >= 11 is 0. The van der Waals surface area contributed by atoms with Gasteiger partial charge in [0.05, 0.1) is 31.1 Å². The number of rotatable bonds is 7. The molecule has 0 bridgehead atoms. The van der Waals surface area contributed by atoms with Crippen LogP contribution in [0.4, 0.5) is 0 Å². The highest BCUT2D eigenvalue weighted by atomic mass is 16.6. The third-order valence-corrected chi connectivity index (χ3v) is 2.53. The molecule has 0 aliphatic heterocycles. The zero-order valence-electron chi connectivity index (χ0n) is 12.8. The molecule has 7 heteroatoms. The number of esters is 1. The van der Waals surface area contributed by atoms with Crippen LogP contribution in [0, 0.1) is 6.92 Å². The van der Waals surface area contributed by atoms with E-state index in [4.69, 9.17) is 14.2 Å². The van der Waals surface area contributed by atoms with Crippen LogP contribution in [0.1, 0.15) is 37.0 Å². The van der Waals surface area contributed by atoms with Crippen LogP contribution in [-0.2, 0) is 20.8 Å². The maximum Gasteiger partial charge on any atom is 0.360 e. The molecule has 114 valence electrons.